The van der Waals surface area contributed by atoms with Gasteiger partial charge in [-0.2, -0.15) is 0 Å². The molecule has 1 aromatic rings. The molecule has 0 unspecified atom stereocenters. The summed E-state index contributed by atoms with van der Waals surface area (Å²) in [7, 11) is 1.42. The minimum absolute atomic E-state index is 0.0801. The summed E-state index contributed by atoms with van der Waals surface area (Å²) >= 11 is 0. The molecular formula is C7H8ClNO2S. The molecule has 1 heterocycles. The summed E-state index contributed by atoms with van der Waals surface area (Å²) < 4.78 is 21.6. The van der Waals surface area contributed by atoms with Gasteiger partial charge in [0, 0.05) is 16.4 Å². The summed E-state index contributed by atoms with van der Waals surface area (Å²) in [6, 6.07) is 4.76. The molecule has 0 fully saturated rings. The molecule has 0 aliphatic heterocycles. The molecule has 3 nitrogen and oxygen atoms in total. The summed E-state index contributed by atoms with van der Waals surface area (Å²) in [6.07, 6.45) is 0.695. The molecule has 0 N–H and O–H groups in total. The monoisotopic (exact) mass is 205 g/mol. The van der Waals surface area contributed by atoms with Crippen LogP contribution in [-0.2, 0) is 15.5 Å². The van der Waals surface area contributed by atoms with Crippen LogP contribution < -0.4 is 0 Å². The van der Waals surface area contributed by atoms with E-state index in [0.717, 1.165) is 5.69 Å². The minimum Gasteiger partial charge on any atom is -0.240 e. The molecule has 0 atom stereocenters. The maximum atomic E-state index is 10.8. The number of aryl methyl sites for hydroxylation is 1. The first-order valence-electron chi connectivity index (χ1n) is 3.44. The zero-order valence-electron chi connectivity index (χ0n) is 6.49. The van der Waals surface area contributed by atoms with E-state index in [1.165, 1.54) is 6.07 Å². The fourth-order valence-electron chi connectivity index (χ4n) is 0.790. The van der Waals surface area contributed by atoms with Crippen LogP contribution in [0.25, 0.3) is 0 Å². The molecular weight excluding hydrogens is 198 g/mol. The van der Waals surface area contributed by atoms with Crippen LogP contribution >= 0.6 is 10.7 Å². The molecule has 0 aliphatic rings. The Kier molecular flexibility index (Phi) is 2.69. The minimum atomic E-state index is -3.67. The molecule has 0 radical (unpaired) electrons. The second-order valence-corrected chi connectivity index (χ2v) is 4.77. The van der Waals surface area contributed by atoms with Crippen molar-refractivity contribution in [1.29, 1.82) is 0 Å². The van der Waals surface area contributed by atoms with Crippen molar-refractivity contribution in [2.75, 3.05) is 0 Å². The Hall–Kier alpha value is -0.610. The standard InChI is InChI=1S/C7H8ClNO2S/c1-2-6-4-3-5-7(9-6)12(8,10)11/h3-5H,2H2,1H3. The number of halogens is 1. The third-order valence-corrected chi connectivity index (χ3v) is 2.59. The van der Waals surface area contributed by atoms with Gasteiger partial charge < -0.3 is 0 Å². The zero-order valence-corrected chi connectivity index (χ0v) is 8.06. The highest BCUT2D eigenvalue weighted by Crippen LogP contribution is 2.11. The second-order valence-electron chi connectivity index (χ2n) is 2.26. The SMILES string of the molecule is CCc1cccc(S(=O)(=O)Cl)n1. The van der Waals surface area contributed by atoms with Crippen LogP contribution in [0.1, 0.15) is 12.6 Å². The number of pyridine rings is 1. The van der Waals surface area contributed by atoms with Gasteiger partial charge in [-0.1, -0.05) is 13.0 Å². The summed E-state index contributed by atoms with van der Waals surface area (Å²) in [5, 5.41) is -0.0801. The van der Waals surface area contributed by atoms with E-state index in [1.807, 2.05) is 6.92 Å². The van der Waals surface area contributed by atoms with Gasteiger partial charge in [-0.05, 0) is 18.6 Å². The lowest BCUT2D eigenvalue weighted by atomic mass is 10.3. The largest absolute Gasteiger partial charge is 0.278 e. The Morgan fingerprint density at radius 2 is 2.17 bits per heavy atom. The van der Waals surface area contributed by atoms with E-state index in [9.17, 15) is 8.42 Å². The first-order chi connectivity index (χ1) is 5.54. The van der Waals surface area contributed by atoms with Gasteiger partial charge in [0.2, 0.25) is 0 Å². The van der Waals surface area contributed by atoms with Crippen LogP contribution in [0.4, 0.5) is 0 Å². The Morgan fingerprint density at radius 1 is 1.50 bits per heavy atom. The molecule has 0 bridgehead atoms. The highest BCUT2D eigenvalue weighted by atomic mass is 35.7. The van der Waals surface area contributed by atoms with Gasteiger partial charge in [0.25, 0.3) is 9.05 Å². The van der Waals surface area contributed by atoms with E-state index in [0.29, 0.717) is 6.42 Å². The van der Waals surface area contributed by atoms with Crippen molar-refractivity contribution in [2.45, 2.75) is 18.4 Å². The molecule has 66 valence electrons. The average molecular weight is 206 g/mol. The summed E-state index contributed by atoms with van der Waals surface area (Å²) in [5.41, 5.74) is 0.719. The van der Waals surface area contributed by atoms with Crippen molar-refractivity contribution in [3.05, 3.63) is 23.9 Å². The van der Waals surface area contributed by atoms with Crippen LogP contribution in [0.3, 0.4) is 0 Å². The number of hydrogen-bond acceptors (Lipinski definition) is 3. The van der Waals surface area contributed by atoms with E-state index in [2.05, 4.69) is 4.98 Å². The van der Waals surface area contributed by atoms with Gasteiger partial charge >= 0.3 is 0 Å². The topological polar surface area (TPSA) is 47.0 Å². The highest BCUT2D eigenvalue weighted by molar-refractivity contribution is 8.13. The van der Waals surface area contributed by atoms with E-state index >= 15 is 0 Å². The van der Waals surface area contributed by atoms with Gasteiger partial charge in [0.15, 0.2) is 5.03 Å². The number of hydrogen-bond donors (Lipinski definition) is 0. The van der Waals surface area contributed by atoms with Crippen LogP contribution in [-0.4, -0.2) is 13.4 Å². The number of rotatable bonds is 2. The Morgan fingerprint density at radius 3 is 2.67 bits per heavy atom. The number of aromatic nitrogens is 1. The molecule has 0 spiro atoms. The summed E-state index contributed by atoms with van der Waals surface area (Å²) in [5.74, 6) is 0. The lowest BCUT2D eigenvalue weighted by Crippen LogP contribution is -1.97. The third kappa shape index (κ3) is 2.19. The number of nitrogens with zero attached hydrogens (tertiary/aromatic N) is 1. The van der Waals surface area contributed by atoms with E-state index < -0.39 is 9.05 Å². The molecule has 0 saturated carbocycles. The predicted octanol–water partition coefficient (Wildman–Crippen LogP) is 1.57. The Labute approximate surface area is 75.8 Å². The quantitative estimate of drug-likeness (QED) is 0.689. The fraction of sp³-hybridized carbons (Fsp3) is 0.286. The van der Waals surface area contributed by atoms with Gasteiger partial charge in [-0.25, -0.2) is 13.4 Å². The van der Waals surface area contributed by atoms with Gasteiger partial charge in [-0.15, -0.1) is 0 Å². The van der Waals surface area contributed by atoms with Crippen molar-refractivity contribution in [1.82, 2.24) is 4.98 Å². The van der Waals surface area contributed by atoms with Crippen molar-refractivity contribution in [2.24, 2.45) is 0 Å². The Balaban J connectivity index is 3.20. The first-order valence-corrected chi connectivity index (χ1v) is 5.75. The van der Waals surface area contributed by atoms with Crippen LogP contribution in [0, 0.1) is 0 Å². The van der Waals surface area contributed by atoms with Gasteiger partial charge in [-0.3, -0.25) is 0 Å². The summed E-state index contributed by atoms with van der Waals surface area (Å²) in [4.78, 5) is 3.84. The van der Waals surface area contributed by atoms with Crippen molar-refractivity contribution >= 4 is 19.7 Å². The lowest BCUT2D eigenvalue weighted by molar-refractivity contribution is 0.605. The summed E-state index contributed by atoms with van der Waals surface area (Å²) in [6.45, 7) is 1.90. The molecule has 12 heavy (non-hydrogen) atoms. The molecule has 0 aliphatic carbocycles. The molecule has 0 saturated heterocycles. The van der Waals surface area contributed by atoms with Crippen LogP contribution in [0.15, 0.2) is 23.2 Å². The zero-order chi connectivity index (χ0) is 9.19. The van der Waals surface area contributed by atoms with Crippen molar-refractivity contribution in [3.8, 4) is 0 Å². The normalized spacial score (nSPS) is 11.5. The third-order valence-electron chi connectivity index (χ3n) is 1.39. The Bertz CT molecular complexity index is 375. The van der Waals surface area contributed by atoms with E-state index in [-0.39, 0.29) is 5.03 Å². The lowest BCUT2D eigenvalue weighted by Gasteiger charge is -1.97. The molecule has 0 amide bonds. The second kappa shape index (κ2) is 3.41. The predicted molar refractivity (Wildman–Crippen MR) is 46.7 cm³/mol. The highest BCUT2D eigenvalue weighted by Gasteiger charge is 2.10. The van der Waals surface area contributed by atoms with Crippen LogP contribution in [0.5, 0.6) is 0 Å². The molecule has 5 heteroatoms. The van der Waals surface area contributed by atoms with Gasteiger partial charge in [0.1, 0.15) is 0 Å². The molecule has 0 aromatic carbocycles. The molecule has 1 aromatic heterocycles. The maximum Gasteiger partial charge on any atom is 0.278 e. The first kappa shape index (κ1) is 9.48. The van der Waals surface area contributed by atoms with Crippen molar-refractivity contribution in [3.63, 3.8) is 0 Å². The van der Waals surface area contributed by atoms with Crippen LogP contribution in [0.2, 0.25) is 0 Å². The smallest absolute Gasteiger partial charge is 0.240 e. The molecule has 1 rings (SSSR count). The van der Waals surface area contributed by atoms with Crippen molar-refractivity contribution < 1.29 is 8.42 Å². The maximum absolute atomic E-state index is 10.8. The van der Waals surface area contributed by atoms with Gasteiger partial charge in [0.05, 0.1) is 0 Å². The van der Waals surface area contributed by atoms with E-state index in [1.54, 1.807) is 12.1 Å². The average Bonchev–Trinajstić information content (AvgIpc) is 2.03. The fourth-order valence-corrected chi connectivity index (χ4v) is 1.52. The van der Waals surface area contributed by atoms with E-state index in [4.69, 9.17) is 10.7 Å².